The lowest BCUT2D eigenvalue weighted by molar-refractivity contribution is -0.162. The second kappa shape index (κ2) is 14.7. The first kappa shape index (κ1) is 21.4. The molecule has 0 radical (unpaired) electrons. The molecule has 0 saturated carbocycles. The molecule has 0 aromatic carbocycles. The van der Waals surface area contributed by atoms with Gasteiger partial charge in [0.2, 0.25) is 0 Å². The van der Waals surface area contributed by atoms with Crippen LogP contribution in [0.3, 0.4) is 0 Å². The molecule has 0 aliphatic carbocycles. The molecule has 1 rings (SSSR count). The summed E-state index contributed by atoms with van der Waals surface area (Å²) < 4.78 is 16.3. The fraction of sp³-hybridized carbons (Fsp3) is 0.950. The molecule has 24 heavy (non-hydrogen) atoms. The van der Waals surface area contributed by atoms with Crippen LogP contribution in [0, 0.1) is 5.92 Å². The third-order valence-electron chi connectivity index (χ3n) is 4.70. The molecule has 0 aromatic rings. The molecule has 0 N–H and O–H groups in total. The van der Waals surface area contributed by atoms with Gasteiger partial charge in [-0.1, -0.05) is 51.9 Å². The number of unbranched alkanes of at least 4 members (excludes halogenated alkanes) is 6. The highest BCUT2D eigenvalue weighted by atomic mass is 16.7. The normalized spacial score (nSPS) is 19.2. The van der Waals surface area contributed by atoms with Gasteiger partial charge in [0.05, 0.1) is 6.61 Å². The van der Waals surface area contributed by atoms with Crippen molar-refractivity contribution < 1.29 is 19.0 Å². The largest absolute Gasteiger partial charge is 0.466 e. The van der Waals surface area contributed by atoms with E-state index >= 15 is 0 Å². The van der Waals surface area contributed by atoms with Crippen molar-refractivity contribution in [3.63, 3.8) is 0 Å². The predicted molar refractivity (Wildman–Crippen MR) is 96.9 cm³/mol. The molecular formula is C20H38O4. The topological polar surface area (TPSA) is 44.8 Å². The van der Waals surface area contributed by atoms with E-state index in [0.717, 1.165) is 32.5 Å². The second-order valence-corrected chi connectivity index (χ2v) is 7.16. The first-order chi connectivity index (χ1) is 11.7. The van der Waals surface area contributed by atoms with Crippen molar-refractivity contribution in [1.82, 2.24) is 0 Å². The lowest BCUT2D eigenvalue weighted by atomic mass is 9.99. The highest BCUT2D eigenvalue weighted by Crippen LogP contribution is 2.16. The molecule has 2 atom stereocenters. The maximum atomic E-state index is 10.7. The number of hydrogen-bond acceptors (Lipinski definition) is 4. The van der Waals surface area contributed by atoms with Gasteiger partial charge in [-0.3, -0.25) is 4.79 Å². The molecule has 142 valence electrons. The molecular weight excluding hydrogens is 304 g/mol. The van der Waals surface area contributed by atoms with Crippen LogP contribution in [0.25, 0.3) is 0 Å². The molecule has 1 fully saturated rings. The Morgan fingerprint density at radius 1 is 1.00 bits per heavy atom. The summed E-state index contributed by atoms with van der Waals surface area (Å²) in [6.45, 7) is 6.02. The van der Waals surface area contributed by atoms with E-state index in [1.165, 1.54) is 64.7 Å². The van der Waals surface area contributed by atoms with E-state index in [4.69, 9.17) is 14.2 Å². The lowest BCUT2D eigenvalue weighted by Gasteiger charge is -2.22. The Bertz CT molecular complexity index is 300. The molecule has 0 spiro atoms. The molecule has 1 unspecified atom stereocenters. The first-order valence-electron chi connectivity index (χ1n) is 10.0. The molecule has 4 heteroatoms. The van der Waals surface area contributed by atoms with Crippen molar-refractivity contribution in [1.29, 1.82) is 0 Å². The monoisotopic (exact) mass is 342 g/mol. The van der Waals surface area contributed by atoms with Crippen LogP contribution < -0.4 is 0 Å². The summed E-state index contributed by atoms with van der Waals surface area (Å²) >= 11 is 0. The smallest absolute Gasteiger partial charge is 0.302 e. The standard InChI is InChI=1S/C20H38O4/c1-18(14-17-22-19(2)21)12-8-6-4-3-5-7-10-15-23-20-13-9-11-16-24-20/h18,20H,3-17H2,1-2H3/t18-,20?/m0/s1. The summed E-state index contributed by atoms with van der Waals surface area (Å²) in [5.41, 5.74) is 0. The maximum Gasteiger partial charge on any atom is 0.302 e. The zero-order valence-electron chi connectivity index (χ0n) is 15.9. The van der Waals surface area contributed by atoms with E-state index in [1.54, 1.807) is 0 Å². The lowest BCUT2D eigenvalue weighted by Crippen LogP contribution is -2.22. The highest BCUT2D eigenvalue weighted by molar-refractivity contribution is 5.65. The van der Waals surface area contributed by atoms with E-state index in [9.17, 15) is 4.79 Å². The van der Waals surface area contributed by atoms with Gasteiger partial charge < -0.3 is 14.2 Å². The Kier molecular flexibility index (Phi) is 13.1. The van der Waals surface area contributed by atoms with E-state index in [0.29, 0.717) is 12.5 Å². The van der Waals surface area contributed by atoms with Crippen molar-refractivity contribution in [3.05, 3.63) is 0 Å². The maximum absolute atomic E-state index is 10.7. The van der Waals surface area contributed by atoms with Gasteiger partial charge in [0.1, 0.15) is 0 Å². The number of esters is 1. The summed E-state index contributed by atoms with van der Waals surface area (Å²) in [5.74, 6) is 0.488. The van der Waals surface area contributed by atoms with Crippen LogP contribution in [0.2, 0.25) is 0 Å². The van der Waals surface area contributed by atoms with Gasteiger partial charge in [-0.05, 0) is 38.0 Å². The Labute approximate surface area is 148 Å². The molecule has 1 aliphatic rings. The molecule has 4 nitrogen and oxygen atoms in total. The van der Waals surface area contributed by atoms with Crippen molar-refractivity contribution in [3.8, 4) is 0 Å². The van der Waals surface area contributed by atoms with Gasteiger partial charge in [0.25, 0.3) is 0 Å². The number of hydrogen-bond donors (Lipinski definition) is 0. The van der Waals surface area contributed by atoms with E-state index in [1.807, 2.05) is 0 Å². The van der Waals surface area contributed by atoms with Crippen molar-refractivity contribution in [2.45, 2.75) is 97.2 Å². The van der Waals surface area contributed by atoms with Gasteiger partial charge in [-0.2, -0.15) is 0 Å². The molecule has 1 heterocycles. The summed E-state index contributed by atoms with van der Waals surface area (Å²) in [6.07, 6.45) is 14.8. The fourth-order valence-electron chi connectivity index (χ4n) is 3.08. The first-order valence-corrected chi connectivity index (χ1v) is 10.0. The van der Waals surface area contributed by atoms with E-state index < -0.39 is 0 Å². The number of ether oxygens (including phenoxy) is 3. The van der Waals surface area contributed by atoms with Gasteiger partial charge in [0, 0.05) is 20.1 Å². The minimum Gasteiger partial charge on any atom is -0.466 e. The van der Waals surface area contributed by atoms with Crippen LogP contribution >= 0.6 is 0 Å². The zero-order chi connectivity index (χ0) is 17.5. The van der Waals surface area contributed by atoms with E-state index in [2.05, 4.69) is 6.92 Å². The SMILES string of the molecule is CC(=O)OCC[C@@H](C)CCCCCCCCCOC1CCCCO1. The molecule has 0 aromatic heterocycles. The molecule has 0 amide bonds. The Balaban J connectivity index is 1.76. The average Bonchev–Trinajstić information content (AvgIpc) is 2.57. The third kappa shape index (κ3) is 12.8. The van der Waals surface area contributed by atoms with Crippen LogP contribution in [-0.2, 0) is 19.0 Å². The third-order valence-corrected chi connectivity index (χ3v) is 4.70. The number of rotatable bonds is 14. The minimum atomic E-state index is -0.168. The van der Waals surface area contributed by atoms with Gasteiger partial charge >= 0.3 is 5.97 Å². The van der Waals surface area contributed by atoms with Crippen LogP contribution in [0.1, 0.15) is 90.9 Å². The Morgan fingerprint density at radius 2 is 1.71 bits per heavy atom. The van der Waals surface area contributed by atoms with Crippen LogP contribution in [0.15, 0.2) is 0 Å². The minimum absolute atomic E-state index is 0.0709. The predicted octanol–water partition coefficient (Wildman–Crippen LogP) is 5.24. The molecule has 1 saturated heterocycles. The van der Waals surface area contributed by atoms with Gasteiger partial charge in [-0.25, -0.2) is 0 Å². The highest BCUT2D eigenvalue weighted by Gasteiger charge is 2.13. The van der Waals surface area contributed by atoms with Gasteiger partial charge in [-0.15, -0.1) is 0 Å². The molecule has 0 bridgehead atoms. The summed E-state index contributed by atoms with van der Waals surface area (Å²) in [6, 6.07) is 0. The van der Waals surface area contributed by atoms with E-state index in [-0.39, 0.29) is 12.3 Å². The zero-order valence-corrected chi connectivity index (χ0v) is 15.9. The van der Waals surface area contributed by atoms with Crippen LogP contribution in [0.5, 0.6) is 0 Å². The quantitative estimate of drug-likeness (QED) is 0.320. The number of carbonyl (C=O) groups excluding carboxylic acids is 1. The van der Waals surface area contributed by atoms with Crippen molar-refractivity contribution in [2.24, 2.45) is 5.92 Å². The summed E-state index contributed by atoms with van der Waals surface area (Å²) in [5, 5.41) is 0. The average molecular weight is 343 g/mol. The van der Waals surface area contributed by atoms with Crippen LogP contribution in [-0.4, -0.2) is 32.1 Å². The van der Waals surface area contributed by atoms with Crippen molar-refractivity contribution >= 4 is 5.97 Å². The van der Waals surface area contributed by atoms with Gasteiger partial charge in [0.15, 0.2) is 6.29 Å². The van der Waals surface area contributed by atoms with Crippen LogP contribution in [0.4, 0.5) is 0 Å². The molecule has 1 aliphatic heterocycles. The fourth-order valence-corrected chi connectivity index (χ4v) is 3.08. The summed E-state index contributed by atoms with van der Waals surface area (Å²) in [4.78, 5) is 10.7. The summed E-state index contributed by atoms with van der Waals surface area (Å²) in [7, 11) is 0. The number of carbonyl (C=O) groups is 1. The Morgan fingerprint density at radius 3 is 2.38 bits per heavy atom. The second-order valence-electron chi connectivity index (χ2n) is 7.16. The Hall–Kier alpha value is -0.610. The van der Waals surface area contributed by atoms with Crippen molar-refractivity contribution in [2.75, 3.05) is 19.8 Å².